The molecule has 0 saturated carbocycles. The van der Waals surface area contributed by atoms with Crippen LogP contribution in [0.3, 0.4) is 0 Å². The zero-order valence-electron chi connectivity index (χ0n) is 9.94. The Balaban J connectivity index is 2.27. The number of aryl methyl sites for hydroxylation is 1. The van der Waals surface area contributed by atoms with Crippen LogP contribution in [0.5, 0.6) is 5.75 Å². The van der Waals surface area contributed by atoms with Gasteiger partial charge in [0, 0.05) is 6.54 Å². The van der Waals surface area contributed by atoms with Gasteiger partial charge in [-0.25, -0.2) is 4.98 Å². The summed E-state index contributed by atoms with van der Waals surface area (Å²) in [7, 11) is 1.69. The Morgan fingerprint density at radius 3 is 2.94 bits per heavy atom. The van der Waals surface area contributed by atoms with Crippen molar-refractivity contribution in [3.8, 4) is 5.75 Å². The van der Waals surface area contributed by atoms with Gasteiger partial charge in [-0.15, -0.1) is 0 Å². The van der Waals surface area contributed by atoms with E-state index in [4.69, 9.17) is 4.74 Å². The lowest BCUT2D eigenvalue weighted by atomic mass is 10.2. The number of para-hydroxylation sites is 1. The minimum Gasteiger partial charge on any atom is -0.494 e. The van der Waals surface area contributed by atoms with E-state index in [1.54, 1.807) is 7.11 Å². The summed E-state index contributed by atoms with van der Waals surface area (Å²) in [4.78, 5) is 4.41. The fourth-order valence-corrected chi connectivity index (χ4v) is 1.94. The fraction of sp³-hybridized carbons (Fsp3) is 0.462. The van der Waals surface area contributed by atoms with Crippen LogP contribution in [-0.4, -0.2) is 16.7 Å². The van der Waals surface area contributed by atoms with Gasteiger partial charge in [-0.2, -0.15) is 0 Å². The molecule has 16 heavy (non-hydrogen) atoms. The smallest absolute Gasteiger partial charge is 0.146 e. The van der Waals surface area contributed by atoms with Crippen molar-refractivity contribution < 1.29 is 4.74 Å². The Kier molecular flexibility index (Phi) is 3.44. The Bertz CT molecular complexity index is 462. The molecule has 0 aliphatic carbocycles. The first-order chi connectivity index (χ1) is 7.86. The Morgan fingerprint density at radius 2 is 2.19 bits per heavy atom. The second kappa shape index (κ2) is 5.01. The highest BCUT2D eigenvalue weighted by molar-refractivity contribution is 5.81. The number of benzene rings is 1. The molecule has 0 N–H and O–H groups in total. The average molecular weight is 218 g/mol. The number of rotatable bonds is 5. The molecule has 86 valence electrons. The molecule has 1 aromatic heterocycles. The molecule has 2 rings (SSSR count). The highest BCUT2D eigenvalue weighted by atomic mass is 16.5. The van der Waals surface area contributed by atoms with Gasteiger partial charge in [-0.1, -0.05) is 25.8 Å². The highest BCUT2D eigenvalue weighted by Gasteiger charge is 2.06. The Labute approximate surface area is 96.1 Å². The van der Waals surface area contributed by atoms with Gasteiger partial charge in [0.15, 0.2) is 0 Å². The highest BCUT2D eigenvalue weighted by Crippen LogP contribution is 2.23. The van der Waals surface area contributed by atoms with Gasteiger partial charge in [-0.05, 0) is 18.6 Å². The summed E-state index contributed by atoms with van der Waals surface area (Å²) in [5, 5.41) is 0. The van der Waals surface area contributed by atoms with Crippen LogP contribution in [0.15, 0.2) is 24.5 Å². The number of imidazole rings is 1. The van der Waals surface area contributed by atoms with Crippen molar-refractivity contribution in [1.29, 1.82) is 0 Å². The summed E-state index contributed by atoms with van der Waals surface area (Å²) in [6, 6.07) is 6.06. The molecule has 0 aliphatic rings. The molecule has 0 spiro atoms. The molecule has 1 heterocycles. The molecule has 3 nitrogen and oxygen atoms in total. The van der Waals surface area contributed by atoms with E-state index in [0.29, 0.717) is 0 Å². The minimum atomic E-state index is 0.853. The molecule has 0 atom stereocenters. The predicted molar refractivity (Wildman–Crippen MR) is 65.8 cm³/mol. The van der Waals surface area contributed by atoms with E-state index in [1.165, 1.54) is 19.3 Å². The number of methoxy groups -OCH3 is 1. The van der Waals surface area contributed by atoms with Crippen LogP contribution in [0.1, 0.15) is 26.2 Å². The van der Waals surface area contributed by atoms with E-state index < -0.39 is 0 Å². The SMILES string of the molecule is CCCCCn1cnc2c(OC)cccc21. The Hall–Kier alpha value is -1.51. The van der Waals surface area contributed by atoms with Gasteiger partial charge in [-0.3, -0.25) is 0 Å². The maximum atomic E-state index is 5.29. The van der Waals surface area contributed by atoms with Crippen LogP contribution in [0.2, 0.25) is 0 Å². The van der Waals surface area contributed by atoms with Crippen molar-refractivity contribution in [2.24, 2.45) is 0 Å². The van der Waals surface area contributed by atoms with Crippen molar-refractivity contribution in [3.05, 3.63) is 24.5 Å². The topological polar surface area (TPSA) is 27.1 Å². The number of hydrogen-bond donors (Lipinski definition) is 0. The summed E-state index contributed by atoms with van der Waals surface area (Å²) < 4.78 is 7.49. The third-order valence-corrected chi connectivity index (χ3v) is 2.84. The second-order valence-corrected chi connectivity index (χ2v) is 3.97. The number of ether oxygens (including phenoxy) is 1. The lowest BCUT2D eigenvalue weighted by Gasteiger charge is -2.04. The van der Waals surface area contributed by atoms with E-state index in [2.05, 4.69) is 22.5 Å². The van der Waals surface area contributed by atoms with E-state index in [9.17, 15) is 0 Å². The minimum absolute atomic E-state index is 0.853. The molecule has 2 aromatic rings. The first kappa shape index (κ1) is 11.0. The molecular formula is C13H18N2O. The Morgan fingerprint density at radius 1 is 1.31 bits per heavy atom. The molecule has 0 saturated heterocycles. The average Bonchev–Trinajstić information content (AvgIpc) is 2.73. The van der Waals surface area contributed by atoms with Crippen LogP contribution in [0.4, 0.5) is 0 Å². The monoisotopic (exact) mass is 218 g/mol. The molecule has 1 aromatic carbocycles. The van der Waals surface area contributed by atoms with Crippen LogP contribution >= 0.6 is 0 Å². The maximum absolute atomic E-state index is 5.29. The van der Waals surface area contributed by atoms with E-state index >= 15 is 0 Å². The van der Waals surface area contributed by atoms with E-state index in [0.717, 1.165) is 23.3 Å². The van der Waals surface area contributed by atoms with Crippen molar-refractivity contribution in [3.63, 3.8) is 0 Å². The number of hydrogen-bond acceptors (Lipinski definition) is 2. The van der Waals surface area contributed by atoms with Crippen LogP contribution in [0, 0.1) is 0 Å². The summed E-state index contributed by atoms with van der Waals surface area (Å²) in [6.45, 7) is 3.26. The summed E-state index contributed by atoms with van der Waals surface area (Å²) in [5.74, 6) is 0.853. The van der Waals surface area contributed by atoms with E-state index in [-0.39, 0.29) is 0 Å². The summed E-state index contributed by atoms with van der Waals surface area (Å²) in [6.07, 6.45) is 5.63. The van der Waals surface area contributed by atoms with Crippen LogP contribution in [0.25, 0.3) is 11.0 Å². The molecule has 0 aliphatic heterocycles. The van der Waals surface area contributed by atoms with E-state index in [1.807, 2.05) is 18.5 Å². The van der Waals surface area contributed by atoms with Gasteiger partial charge >= 0.3 is 0 Å². The number of aromatic nitrogens is 2. The molecule has 0 amide bonds. The fourth-order valence-electron chi connectivity index (χ4n) is 1.94. The first-order valence-corrected chi connectivity index (χ1v) is 5.84. The van der Waals surface area contributed by atoms with Crippen molar-refractivity contribution >= 4 is 11.0 Å². The third-order valence-electron chi connectivity index (χ3n) is 2.84. The third kappa shape index (κ3) is 2.03. The van der Waals surface area contributed by atoms with Crippen molar-refractivity contribution in [2.75, 3.05) is 7.11 Å². The molecule has 0 fully saturated rings. The normalized spacial score (nSPS) is 10.9. The summed E-state index contributed by atoms with van der Waals surface area (Å²) >= 11 is 0. The number of nitrogens with zero attached hydrogens (tertiary/aromatic N) is 2. The lowest BCUT2D eigenvalue weighted by Crippen LogP contribution is -1.95. The largest absolute Gasteiger partial charge is 0.494 e. The zero-order valence-corrected chi connectivity index (χ0v) is 9.94. The van der Waals surface area contributed by atoms with Gasteiger partial charge in [0.05, 0.1) is 19.0 Å². The molecule has 0 bridgehead atoms. The van der Waals surface area contributed by atoms with Gasteiger partial charge in [0.25, 0.3) is 0 Å². The predicted octanol–water partition coefficient (Wildman–Crippen LogP) is 3.24. The zero-order chi connectivity index (χ0) is 11.4. The molecule has 0 radical (unpaired) electrons. The number of fused-ring (bicyclic) bond motifs is 1. The maximum Gasteiger partial charge on any atom is 0.146 e. The molecule has 3 heteroatoms. The first-order valence-electron chi connectivity index (χ1n) is 5.84. The van der Waals surface area contributed by atoms with Gasteiger partial charge in [0.2, 0.25) is 0 Å². The lowest BCUT2D eigenvalue weighted by molar-refractivity contribution is 0.419. The number of unbranched alkanes of at least 4 members (excludes halogenated alkanes) is 2. The van der Waals surface area contributed by atoms with Gasteiger partial charge < -0.3 is 9.30 Å². The summed E-state index contributed by atoms with van der Waals surface area (Å²) in [5.41, 5.74) is 2.12. The molecular weight excluding hydrogens is 200 g/mol. The molecule has 0 unspecified atom stereocenters. The standard InChI is InChI=1S/C13H18N2O/c1-3-4-5-9-15-10-14-13-11(15)7-6-8-12(13)16-2/h6-8,10H,3-5,9H2,1-2H3. The second-order valence-electron chi connectivity index (χ2n) is 3.97. The van der Waals surface area contributed by atoms with Crippen LogP contribution < -0.4 is 4.74 Å². The van der Waals surface area contributed by atoms with Crippen molar-refractivity contribution in [2.45, 2.75) is 32.7 Å². The van der Waals surface area contributed by atoms with Gasteiger partial charge in [0.1, 0.15) is 11.3 Å². The van der Waals surface area contributed by atoms with Crippen LogP contribution in [-0.2, 0) is 6.54 Å². The van der Waals surface area contributed by atoms with Crippen molar-refractivity contribution in [1.82, 2.24) is 9.55 Å². The quantitative estimate of drug-likeness (QED) is 0.720.